The zero-order valence-electron chi connectivity index (χ0n) is 10.2. The van der Waals surface area contributed by atoms with Crippen LogP contribution in [0.25, 0.3) is 0 Å². The van der Waals surface area contributed by atoms with E-state index in [0.29, 0.717) is 17.2 Å². The molecule has 0 aliphatic rings. The first-order valence-corrected chi connectivity index (χ1v) is 5.46. The van der Waals surface area contributed by atoms with Crippen LogP contribution in [0.5, 0.6) is 17.2 Å². The van der Waals surface area contributed by atoms with Gasteiger partial charge in [0.05, 0.1) is 12.0 Å². The van der Waals surface area contributed by atoms with Crippen LogP contribution in [0.1, 0.15) is 0 Å². The quantitative estimate of drug-likeness (QED) is 0.518. The van der Waals surface area contributed by atoms with Crippen LogP contribution in [-0.2, 0) is 0 Å². The largest absolute Gasteiger partial charge is 0.497 e. The van der Waals surface area contributed by atoms with Gasteiger partial charge in [0, 0.05) is 23.9 Å². The number of hydrogen-bond acceptors (Lipinski definition) is 5. The summed E-state index contributed by atoms with van der Waals surface area (Å²) < 4.78 is 10.5. The van der Waals surface area contributed by atoms with E-state index < -0.39 is 4.92 Å². The lowest BCUT2D eigenvalue weighted by Gasteiger charge is -2.08. The summed E-state index contributed by atoms with van der Waals surface area (Å²) in [4.78, 5) is 10.4. The molecule has 0 heterocycles. The Labute approximate surface area is 109 Å². The molecule has 0 saturated heterocycles. The summed E-state index contributed by atoms with van der Waals surface area (Å²) in [5.41, 5.74) is 6.01. The number of hydrogen-bond donors (Lipinski definition) is 1. The van der Waals surface area contributed by atoms with Crippen LogP contribution in [0.3, 0.4) is 0 Å². The summed E-state index contributed by atoms with van der Waals surface area (Å²) in [6.45, 7) is 0. The second-order valence-corrected chi connectivity index (χ2v) is 3.77. The van der Waals surface area contributed by atoms with Crippen molar-refractivity contribution in [2.75, 3.05) is 12.8 Å². The molecule has 0 saturated carbocycles. The minimum absolute atomic E-state index is 0.106. The lowest BCUT2D eigenvalue weighted by Crippen LogP contribution is -1.95. The minimum Gasteiger partial charge on any atom is -0.497 e. The average Bonchev–Trinajstić information content (AvgIpc) is 2.38. The molecule has 2 aromatic carbocycles. The molecule has 0 fully saturated rings. The highest BCUT2D eigenvalue weighted by atomic mass is 16.6. The van der Waals surface area contributed by atoms with E-state index in [0.717, 1.165) is 0 Å². The fraction of sp³-hybridized carbons (Fsp3) is 0.0769. The predicted molar refractivity (Wildman–Crippen MR) is 70.6 cm³/mol. The van der Waals surface area contributed by atoms with Gasteiger partial charge in [0.15, 0.2) is 0 Å². The van der Waals surface area contributed by atoms with Crippen molar-refractivity contribution in [1.29, 1.82) is 0 Å². The van der Waals surface area contributed by atoms with Crippen molar-refractivity contribution in [3.63, 3.8) is 0 Å². The zero-order chi connectivity index (χ0) is 13.8. The number of ether oxygens (including phenoxy) is 2. The van der Waals surface area contributed by atoms with E-state index in [1.165, 1.54) is 25.3 Å². The highest BCUT2D eigenvalue weighted by molar-refractivity contribution is 5.53. The Balaban J connectivity index is 2.39. The lowest BCUT2D eigenvalue weighted by atomic mass is 10.2. The van der Waals surface area contributed by atoms with Gasteiger partial charge in [-0.15, -0.1) is 0 Å². The van der Waals surface area contributed by atoms with Gasteiger partial charge in [0.2, 0.25) is 5.75 Å². The van der Waals surface area contributed by atoms with Crippen molar-refractivity contribution in [3.8, 4) is 17.2 Å². The normalized spacial score (nSPS) is 9.95. The molecule has 2 aromatic rings. The third-order valence-electron chi connectivity index (χ3n) is 2.45. The SMILES string of the molecule is COc1ccc([N+](=O)[O-])c(Oc2cccc(N)c2)c1. The van der Waals surface area contributed by atoms with Crippen LogP contribution in [0, 0.1) is 10.1 Å². The van der Waals surface area contributed by atoms with Crippen molar-refractivity contribution in [3.05, 3.63) is 52.6 Å². The molecule has 19 heavy (non-hydrogen) atoms. The molecule has 0 amide bonds. The van der Waals surface area contributed by atoms with Crippen LogP contribution < -0.4 is 15.2 Å². The van der Waals surface area contributed by atoms with Crippen molar-refractivity contribution in [2.45, 2.75) is 0 Å². The summed E-state index contributed by atoms with van der Waals surface area (Å²) in [7, 11) is 1.48. The standard InChI is InChI=1S/C13H12N2O4/c1-18-10-5-6-12(15(16)17)13(8-10)19-11-4-2-3-9(14)7-11/h2-8H,14H2,1H3. The number of methoxy groups -OCH3 is 1. The van der Waals surface area contributed by atoms with Gasteiger partial charge in [-0.25, -0.2) is 0 Å². The maximum Gasteiger partial charge on any atom is 0.311 e. The molecule has 0 radical (unpaired) electrons. The number of anilines is 1. The zero-order valence-corrected chi connectivity index (χ0v) is 10.2. The van der Waals surface area contributed by atoms with E-state index in [9.17, 15) is 10.1 Å². The number of nitro groups is 1. The highest BCUT2D eigenvalue weighted by Crippen LogP contribution is 2.34. The van der Waals surface area contributed by atoms with Crippen LogP contribution in [-0.4, -0.2) is 12.0 Å². The molecule has 6 nitrogen and oxygen atoms in total. The number of nitro benzene ring substituents is 1. The second kappa shape index (κ2) is 5.26. The monoisotopic (exact) mass is 260 g/mol. The molecular formula is C13H12N2O4. The molecule has 0 aliphatic heterocycles. The molecule has 0 atom stereocenters. The van der Waals surface area contributed by atoms with Gasteiger partial charge in [-0.3, -0.25) is 10.1 Å². The number of nitrogen functional groups attached to an aromatic ring is 1. The molecule has 0 aromatic heterocycles. The Morgan fingerprint density at radius 2 is 1.95 bits per heavy atom. The predicted octanol–water partition coefficient (Wildman–Crippen LogP) is 2.98. The summed E-state index contributed by atoms with van der Waals surface area (Å²) in [5, 5.41) is 10.9. The summed E-state index contributed by atoms with van der Waals surface area (Å²) >= 11 is 0. The maximum atomic E-state index is 10.9. The minimum atomic E-state index is -0.513. The molecule has 0 spiro atoms. The molecular weight excluding hydrogens is 248 g/mol. The van der Waals surface area contributed by atoms with Gasteiger partial charge in [0.25, 0.3) is 0 Å². The lowest BCUT2D eigenvalue weighted by molar-refractivity contribution is -0.385. The molecule has 0 unspecified atom stereocenters. The highest BCUT2D eigenvalue weighted by Gasteiger charge is 2.16. The first-order chi connectivity index (χ1) is 9.10. The van der Waals surface area contributed by atoms with Gasteiger partial charge in [0.1, 0.15) is 11.5 Å². The van der Waals surface area contributed by atoms with Crippen LogP contribution >= 0.6 is 0 Å². The van der Waals surface area contributed by atoms with Gasteiger partial charge in [-0.05, 0) is 18.2 Å². The number of benzene rings is 2. The van der Waals surface area contributed by atoms with Gasteiger partial charge in [-0.2, -0.15) is 0 Å². The Hall–Kier alpha value is -2.76. The van der Waals surface area contributed by atoms with Crippen LogP contribution in [0.4, 0.5) is 11.4 Å². The number of rotatable bonds is 4. The number of nitrogens with zero attached hydrogens (tertiary/aromatic N) is 1. The Morgan fingerprint density at radius 1 is 1.16 bits per heavy atom. The van der Waals surface area contributed by atoms with Crippen molar-refractivity contribution >= 4 is 11.4 Å². The second-order valence-electron chi connectivity index (χ2n) is 3.77. The Kier molecular flexibility index (Phi) is 3.51. The van der Waals surface area contributed by atoms with E-state index in [1.54, 1.807) is 24.3 Å². The van der Waals surface area contributed by atoms with Crippen LogP contribution in [0.2, 0.25) is 0 Å². The molecule has 2 rings (SSSR count). The smallest absolute Gasteiger partial charge is 0.311 e. The van der Waals surface area contributed by atoms with Gasteiger partial charge in [-0.1, -0.05) is 6.07 Å². The van der Waals surface area contributed by atoms with Crippen LogP contribution in [0.15, 0.2) is 42.5 Å². The molecule has 2 N–H and O–H groups in total. The molecule has 0 aliphatic carbocycles. The fourth-order valence-electron chi connectivity index (χ4n) is 1.56. The third-order valence-corrected chi connectivity index (χ3v) is 2.45. The first kappa shape index (κ1) is 12.7. The van der Waals surface area contributed by atoms with E-state index in [1.807, 2.05) is 0 Å². The van der Waals surface area contributed by atoms with Gasteiger partial charge < -0.3 is 15.2 Å². The van der Waals surface area contributed by atoms with Crippen molar-refractivity contribution in [1.82, 2.24) is 0 Å². The van der Waals surface area contributed by atoms with E-state index in [4.69, 9.17) is 15.2 Å². The maximum absolute atomic E-state index is 10.9. The van der Waals surface area contributed by atoms with E-state index in [-0.39, 0.29) is 11.4 Å². The topological polar surface area (TPSA) is 87.6 Å². The van der Waals surface area contributed by atoms with Crippen molar-refractivity contribution < 1.29 is 14.4 Å². The molecule has 98 valence electrons. The first-order valence-electron chi connectivity index (χ1n) is 5.46. The van der Waals surface area contributed by atoms with Crippen molar-refractivity contribution in [2.24, 2.45) is 0 Å². The molecule has 6 heteroatoms. The van der Waals surface area contributed by atoms with Gasteiger partial charge >= 0.3 is 5.69 Å². The van der Waals surface area contributed by atoms with E-state index >= 15 is 0 Å². The average molecular weight is 260 g/mol. The summed E-state index contributed by atoms with van der Waals surface area (Å²) in [5.74, 6) is 1.01. The molecule has 0 bridgehead atoms. The van der Waals surface area contributed by atoms with E-state index in [2.05, 4.69) is 0 Å². The Bertz CT molecular complexity index is 613. The fourth-order valence-corrected chi connectivity index (χ4v) is 1.56. The number of nitrogens with two attached hydrogens (primary N) is 1. The third kappa shape index (κ3) is 2.92. The Morgan fingerprint density at radius 3 is 2.58 bits per heavy atom. The summed E-state index contributed by atoms with van der Waals surface area (Å²) in [6, 6.07) is 11.0. The summed E-state index contributed by atoms with van der Waals surface area (Å²) in [6.07, 6.45) is 0.